The van der Waals surface area contributed by atoms with E-state index in [0.717, 1.165) is 32.7 Å². The number of hydrazone groups is 1. The smallest absolute Gasteiger partial charge is 0.203 e. The normalized spacial score (nSPS) is 11.5. The van der Waals surface area contributed by atoms with E-state index in [-0.39, 0.29) is 0 Å². The van der Waals surface area contributed by atoms with Gasteiger partial charge in [0.25, 0.3) is 0 Å². The van der Waals surface area contributed by atoms with Crippen molar-refractivity contribution in [1.82, 2.24) is 4.98 Å². The van der Waals surface area contributed by atoms with Crippen LogP contribution in [0.4, 0.5) is 5.13 Å². The van der Waals surface area contributed by atoms with Crippen LogP contribution in [0.2, 0.25) is 5.02 Å². The van der Waals surface area contributed by atoms with Gasteiger partial charge in [0.15, 0.2) is 0 Å². The van der Waals surface area contributed by atoms with E-state index in [1.165, 1.54) is 16.9 Å². The molecule has 0 bridgehead atoms. The largest absolute Gasteiger partial charge is 0.252 e. The summed E-state index contributed by atoms with van der Waals surface area (Å²) >= 11 is 7.43. The van der Waals surface area contributed by atoms with Crippen molar-refractivity contribution in [1.29, 1.82) is 0 Å². The van der Waals surface area contributed by atoms with Gasteiger partial charge in [0, 0.05) is 16.0 Å². The maximum Gasteiger partial charge on any atom is 0.203 e. The van der Waals surface area contributed by atoms with Gasteiger partial charge in [-0.05, 0) is 31.5 Å². The molecule has 0 unspecified atom stereocenters. The van der Waals surface area contributed by atoms with Gasteiger partial charge < -0.3 is 0 Å². The third kappa shape index (κ3) is 3.97. The summed E-state index contributed by atoms with van der Waals surface area (Å²) in [4.78, 5) is 4.57. The van der Waals surface area contributed by atoms with Gasteiger partial charge in [0.2, 0.25) is 5.13 Å². The SMILES string of the molecule is CC(=NNc1nc(-c2ccc(C)cc2)cs1)c1ccc(Cl)cc1. The van der Waals surface area contributed by atoms with Crippen LogP contribution in [0.5, 0.6) is 0 Å². The third-order valence-electron chi connectivity index (χ3n) is 3.43. The highest BCUT2D eigenvalue weighted by Gasteiger charge is 2.04. The third-order valence-corrected chi connectivity index (χ3v) is 4.43. The summed E-state index contributed by atoms with van der Waals surface area (Å²) in [5.41, 5.74) is 8.24. The number of benzene rings is 2. The first-order valence-corrected chi connectivity index (χ1v) is 8.46. The summed E-state index contributed by atoms with van der Waals surface area (Å²) in [5, 5.41) is 7.91. The van der Waals surface area contributed by atoms with E-state index in [2.05, 4.69) is 46.7 Å². The zero-order chi connectivity index (χ0) is 16.2. The summed E-state index contributed by atoms with van der Waals surface area (Å²) in [7, 11) is 0. The summed E-state index contributed by atoms with van der Waals surface area (Å²) in [5.74, 6) is 0. The second-order valence-corrected chi connectivity index (χ2v) is 6.51. The van der Waals surface area contributed by atoms with Gasteiger partial charge in [-0.1, -0.05) is 53.6 Å². The molecule has 116 valence electrons. The van der Waals surface area contributed by atoms with Crippen LogP contribution < -0.4 is 5.43 Å². The minimum Gasteiger partial charge on any atom is -0.252 e. The number of halogens is 1. The van der Waals surface area contributed by atoms with E-state index in [9.17, 15) is 0 Å². The molecule has 0 aliphatic heterocycles. The van der Waals surface area contributed by atoms with Crippen LogP contribution >= 0.6 is 22.9 Å². The predicted octanol–water partition coefficient (Wildman–Crippen LogP) is 5.61. The van der Waals surface area contributed by atoms with Crippen molar-refractivity contribution in [3.63, 3.8) is 0 Å². The lowest BCUT2D eigenvalue weighted by atomic mass is 10.1. The standard InChI is InChI=1S/C18H16ClN3S/c1-12-3-5-15(6-4-12)17-11-23-18(20-17)22-21-13(2)14-7-9-16(19)10-8-14/h3-11H,1-2H3,(H,20,22). The molecule has 0 radical (unpaired) electrons. The molecule has 3 nitrogen and oxygen atoms in total. The van der Waals surface area contributed by atoms with E-state index >= 15 is 0 Å². The molecular formula is C18H16ClN3S. The lowest BCUT2D eigenvalue weighted by Crippen LogP contribution is -1.99. The molecule has 3 aromatic rings. The Morgan fingerprint density at radius 1 is 1.09 bits per heavy atom. The lowest BCUT2D eigenvalue weighted by molar-refractivity contribution is 1.27. The molecule has 1 N–H and O–H groups in total. The van der Waals surface area contributed by atoms with Crippen molar-refractivity contribution in [3.8, 4) is 11.3 Å². The molecule has 5 heteroatoms. The number of anilines is 1. The maximum absolute atomic E-state index is 5.90. The Kier molecular flexibility index (Phi) is 4.74. The Morgan fingerprint density at radius 3 is 2.48 bits per heavy atom. The molecule has 2 aromatic carbocycles. The summed E-state index contributed by atoms with van der Waals surface area (Å²) in [6.07, 6.45) is 0. The number of aryl methyl sites for hydroxylation is 1. The van der Waals surface area contributed by atoms with Crippen LogP contribution in [0, 0.1) is 6.92 Å². The molecule has 0 aliphatic rings. The van der Waals surface area contributed by atoms with Gasteiger partial charge >= 0.3 is 0 Å². The summed E-state index contributed by atoms with van der Waals surface area (Å²) in [6.45, 7) is 4.02. The number of thiazole rings is 1. The van der Waals surface area contributed by atoms with Crippen LogP contribution in [0.15, 0.2) is 59.0 Å². The minimum atomic E-state index is 0.720. The van der Waals surface area contributed by atoms with Crippen LogP contribution in [-0.4, -0.2) is 10.7 Å². The van der Waals surface area contributed by atoms with Gasteiger partial charge in [0.1, 0.15) is 0 Å². The van der Waals surface area contributed by atoms with Gasteiger partial charge in [-0.15, -0.1) is 11.3 Å². The van der Waals surface area contributed by atoms with Gasteiger partial charge in [-0.25, -0.2) is 4.98 Å². The number of hydrogen-bond donors (Lipinski definition) is 1. The molecule has 0 fully saturated rings. The van der Waals surface area contributed by atoms with Crippen LogP contribution in [0.3, 0.4) is 0 Å². The minimum absolute atomic E-state index is 0.720. The summed E-state index contributed by atoms with van der Waals surface area (Å²) < 4.78 is 0. The van der Waals surface area contributed by atoms with Crippen molar-refractivity contribution in [2.24, 2.45) is 5.10 Å². The quantitative estimate of drug-likeness (QED) is 0.494. The van der Waals surface area contributed by atoms with Gasteiger partial charge in [-0.3, -0.25) is 5.43 Å². The fraction of sp³-hybridized carbons (Fsp3) is 0.111. The molecule has 1 heterocycles. The number of nitrogens with one attached hydrogen (secondary N) is 1. The zero-order valence-corrected chi connectivity index (χ0v) is 14.4. The van der Waals surface area contributed by atoms with E-state index in [1.807, 2.05) is 36.6 Å². The number of hydrogen-bond acceptors (Lipinski definition) is 4. The first-order chi connectivity index (χ1) is 11.1. The first kappa shape index (κ1) is 15.7. The van der Waals surface area contributed by atoms with Crippen molar-refractivity contribution in [2.75, 3.05) is 5.43 Å². The molecule has 23 heavy (non-hydrogen) atoms. The molecule has 3 rings (SSSR count). The Morgan fingerprint density at radius 2 is 1.78 bits per heavy atom. The lowest BCUT2D eigenvalue weighted by Gasteiger charge is -2.01. The molecule has 0 saturated carbocycles. The van der Waals surface area contributed by atoms with Crippen molar-refractivity contribution in [3.05, 3.63) is 70.1 Å². The second-order valence-electron chi connectivity index (χ2n) is 5.22. The average molecular weight is 342 g/mol. The van der Waals surface area contributed by atoms with Gasteiger partial charge in [-0.2, -0.15) is 5.10 Å². The fourth-order valence-corrected chi connectivity index (χ4v) is 2.86. The number of nitrogens with zero attached hydrogens (tertiary/aromatic N) is 2. The molecule has 0 saturated heterocycles. The van der Waals surface area contributed by atoms with E-state index < -0.39 is 0 Å². The number of aromatic nitrogens is 1. The summed E-state index contributed by atoms with van der Waals surface area (Å²) in [6, 6.07) is 15.9. The fourth-order valence-electron chi connectivity index (χ4n) is 2.07. The highest BCUT2D eigenvalue weighted by molar-refractivity contribution is 7.14. The Hall–Kier alpha value is -2.17. The van der Waals surface area contributed by atoms with Gasteiger partial charge in [0.05, 0.1) is 11.4 Å². The average Bonchev–Trinajstić information content (AvgIpc) is 3.03. The van der Waals surface area contributed by atoms with E-state index in [1.54, 1.807) is 0 Å². The van der Waals surface area contributed by atoms with E-state index in [0.29, 0.717) is 0 Å². The predicted molar refractivity (Wildman–Crippen MR) is 99.6 cm³/mol. The molecule has 0 amide bonds. The van der Waals surface area contributed by atoms with Crippen LogP contribution in [-0.2, 0) is 0 Å². The molecular weight excluding hydrogens is 326 g/mol. The monoisotopic (exact) mass is 341 g/mol. The van der Waals surface area contributed by atoms with Crippen molar-refractivity contribution in [2.45, 2.75) is 13.8 Å². The Balaban J connectivity index is 1.72. The van der Waals surface area contributed by atoms with Crippen molar-refractivity contribution >= 4 is 33.8 Å². The van der Waals surface area contributed by atoms with Crippen LogP contribution in [0.25, 0.3) is 11.3 Å². The molecule has 0 spiro atoms. The molecule has 1 aromatic heterocycles. The second kappa shape index (κ2) is 6.94. The highest BCUT2D eigenvalue weighted by Crippen LogP contribution is 2.25. The number of rotatable bonds is 4. The zero-order valence-electron chi connectivity index (χ0n) is 12.9. The topological polar surface area (TPSA) is 37.3 Å². The molecule has 0 aliphatic carbocycles. The highest BCUT2D eigenvalue weighted by atomic mass is 35.5. The van der Waals surface area contributed by atoms with Crippen molar-refractivity contribution < 1.29 is 0 Å². The maximum atomic E-state index is 5.90. The van der Waals surface area contributed by atoms with Crippen LogP contribution in [0.1, 0.15) is 18.1 Å². The Labute approximate surface area is 144 Å². The first-order valence-electron chi connectivity index (χ1n) is 7.20. The molecule has 0 atom stereocenters. The Bertz CT molecular complexity index is 820. The van der Waals surface area contributed by atoms with E-state index in [4.69, 9.17) is 11.6 Å².